The molecule has 0 saturated carbocycles. The molecule has 0 amide bonds. The number of hydrogen-bond acceptors (Lipinski definition) is 2. The Balaban J connectivity index is 3.14. The molecule has 0 atom stereocenters. The number of aromatic hydroxyl groups is 1. The average molecular weight is 215 g/mol. The number of benzene rings is 1. The maximum Gasteiger partial charge on any atom is 0.176 e. The van der Waals surface area contributed by atoms with Gasteiger partial charge >= 0.3 is 0 Å². The standard InChI is InChI=1S/C11H15ClO2/c1-4-14-10-6-8(7(2)3)5-9(12)11(10)13/h5-7,13H,4H2,1-3H3. The third-order valence-corrected chi connectivity index (χ3v) is 2.31. The highest BCUT2D eigenvalue weighted by atomic mass is 35.5. The maximum absolute atomic E-state index is 9.58. The van der Waals surface area contributed by atoms with Crippen molar-refractivity contribution < 1.29 is 9.84 Å². The van der Waals surface area contributed by atoms with Crippen LogP contribution in [-0.2, 0) is 0 Å². The van der Waals surface area contributed by atoms with Gasteiger partial charge in [-0.3, -0.25) is 0 Å². The van der Waals surface area contributed by atoms with Gasteiger partial charge < -0.3 is 9.84 Å². The van der Waals surface area contributed by atoms with Gasteiger partial charge in [-0.2, -0.15) is 0 Å². The molecular weight excluding hydrogens is 200 g/mol. The van der Waals surface area contributed by atoms with Gasteiger partial charge in [0, 0.05) is 0 Å². The van der Waals surface area contributed by atoms with Crippen molar-refractivity contribution in [3.8, 4) is 11.5 Å². The quantitative estimate of drug-likeness (QED) is 0.834. The Morgan fingerprint density at radius 3 is 2.57 bits per heavy atom. The highest BCUT2D eigenvalue weighted by molar-refractivity contribution is 6.32. The van der Waals surface area contributed by atoms with Crippen LogP contribution in [0.1, 0.15) is 32.3 Å². The minimum absolute atomic E-state index is 0.0258. The third kappa shape index (κ3) is 2.32. The van der Waals surface area contributed by atoms with Gasteiger partial charge in [-0.25, -0.2) is 0 Å². The zero-order chi connectivity index (χ0) is 10.7. The Kier molecular flexibility index (Phi) is 3.64. The van der Waals surface area contributed by atoms with Gasteiger partial charge in [-0.1, -0.05) is 25.4 Å². The molecule has 1 aromatic rings. The van der Waals surface area contributed by atoms with E-state index in [0.717, 1.165) is 5.56 Å². The van der Waals surface area contributed by atoms with Crippen LogP contribution in [0.15, 0.2) is 12.1 Å². The molecule has 1 aromatic carbocycles. The summed E-state index contributed by atoms with van der Waals surface area (Å²) in [6, 6.07) is 3.60. The van der Waals surface area contributed by atoms with Crippen molar-refractivity contribution in [1.29, 1.82) is 0 Å². The Bertz CT molecular complexity index is 321. The lowest BCUT2D eigenvalue weighted by molar-refractivity contribution is 0.317. The molecular formula is C11H15ClO2. The summed E-state index contributed by atoms with van der Waals surface area (Å²) >= 11 is 5.87. The van der Waals surface area contributed by atoms with E-state index in [0.29, 0.717) is 23.3 Å². The van der Waals surface area contributed by atoms with Crippen LogP contribution in [-0.4, -0.2) is 11.7 Å². The third-order valence-electron chi connectivity index (χ3n) is 2.02. The van der Waals surface area contributed by atoms with E-state index in [1.165, 1.54) is 0 Å². The first kappa shape index (κ1) is 11.2. The molecule has 0 aliphatic carbocycles. The number of ether oxygens (including phenoxy) is 1. The predicted molar refractivity (Wildman–Crippen MR) is 58.4 cm³/mol. The van der Waals surface area contributed by atoms with Crippen LogP contribution in [0, 0.1) is 0 Å². The van der Waals surface area contributed by atoms with Crippen LogP contribution >= 0.6 is 11.6 Å². The van der Waals surface area contributed by atoms with E-state index in [2.05, 4.69) is 13.8 Å². The number of phenolic OH excluding ortho intramolecular Hbond substituents is 1. The van der Waals surface area contributed by atoms with Crippen molar-refractivity contribution in [2.45, 2.75) is 26.7 Å². The van der Waals surface area contributed by atoms with E-state index in [1.54, 1.807) is 6.07 Å². The van der Waals surface area contributed by atoms with E-state index >= 15 is 0 Å². The van der Waals surface area contributed by atoms with Gasteiger partial charge in [0.05, 0.1) is 11.6 Å². The Labute approximate surface area is 89.5 Å². The molecule has 0 spiro atoms. The highest BCUT2D eigenvalue weighted by Crippen LogP contribution is 2.37. The first-order chi connectivity index (χ1) is 6.56. The summed E-state index contributed by atoms with van der Waals surface area (Å²) in [5.41, 5.74) is 1.07. The van der Waals surface area contributed by atoms with Gasteiger partial charge in [-0.15, -0.1) is 0 Å². The van der Waals surface area contributed by atoms with Crippen LogP contribution in [0.4, 0.5) is 0 Å². The van der Waals surface area contributed by atoms with Crippen molar-refractivity contribution in [2.75, 3.05) is 6.61 Å². The zero-order valence-corrected chi connectivity index (χ0v) is 9.43. The number of halogens is 1. The molecule has 0 aliphatic rings. The molecule has 0 aliphatic heterocycles. The second-order valence-corrected chi connectivity index (χ2v) is 3.84. The first-order valence-electron chi connectivity index (χ1n) is 4.71. The predicted octanol–water partition coefficient (Wildman–Crippen LogP) is 3.57. The smallest absolute Gasteiger partial charge is 0.176 e. The lowest BCUT2D eigenvalue weighted by atomic mass is 10.0. The van der Waals surface area contributed by atoms with E-state index in [4.69, 9.17) is 16.3 Å². The van der Waals surface area contributed by atoms with Crippen LogP contribution in [0.25, 0.3) is 0 Å². The van der Waals surface area contributed by atoms with E-state index in [1.807, 2.05) is 13.0 Å². The van der Waals surface area contributed by atoms with Crippen molar-refractivity contribution in [2.24, 2.45) is 0 Å². The van der Waals surface area contributed by atoms with Crippen LogP contribution in [0.3, 0.4) is 0 Å². The molecule has 3 heteroatoms. The summed E-state index contributed by atoms with van der Waals surface area (Å²) in [6.45, 7) is 6.53. The molecule has 0 radical (unpaired) electrons. The maximum atomic E-state index is 9.58. The summed E-state index contributed by atoms with van der Waals surface area (Å²) in [5.74, 6) is 0.855. The van der Waals surface area contributed by atoms with Gasteiger partial charge in [0.2, 0.25) is 0 Å². The average Bonchev–Trinajstić information content (AvgIpc) is 2.12. The molecule has 0 aromatic heterocycles. The fourth-order valence-electron chi connectivity index (χ4n) is 1.19. The molecule has 0 saturated heterocycles. The Hall–Kier alpha value is -0.890. The van der Waals surface area contributed by atoms with Crippen molar-refractivity contribution in [1.82, 2.24) is 0 Å². The van der Waals surface area contributed by atoms with Crippen molar-refractivity contribution in [3.05, 3.63) is 22.7 Å². The molecule has 0 unspecified atom stereocenters. The lowest BCUT2D eigenvalue weighted by Crippen LogP contribution is -1.95. The van der Waals surface area contributed by atoms with Gasteiger partial charge in [0.25, 0.3) is 0 Å². The SMILES string of the molecule is CCOc1cc(C(C)C)cc(Cl)c1O. The fraction of sp³-hybridized carbons (Fsp3) is 0.455. The molecule has 1 N–H and O–H groups in total. The summed E-state index contributed by atoms with van der Waals surface area (Å²) in [6.07, 6.45) is 0. The van der Waals surface area contributed by atoms with Crippen molar-refractivity contribution >= 4 is 11.6 Å². The summed E-state index contributed by atoms with van der Waals surface area (Å²) in [5, 5.41) is 9.92. The van der Waals surface area contributed by atoms with Crippen LogP contribution in [0.5, 0.6) is 11.5 Å². The molecule has 0 bridgehead atoms. The minimum atomic E-state index is 0.0258. The van der Waals surface area contributed by atoms with E-state index < -0.39 is 0 Å². The number of hydrogen-bond donors (Lipinski definition) is 1. The fourth-order valence-corrected chi connectivity index (χ4v) is 1.41. The molecule has 78 valence electrons. The van der Waals surface area contributed by atoms with Gasteiger partial charge in [-0.05, 0) is 30.5 Å². The highest BCUT2D eigenvalue weighted by Gasteiger charge is 2.10. The minimum Gasteiger partial charge on any atom is -0.503 e. The molecule has 2 nitrogen and oxygen atoms in total. The second-order valence-electron chi connectivity index (χ2n) is 3.44. The summed E-state index contributed by atoms with van der Waals surface area (Å²) in [4.78, 5) is 0. The normalized spacial score (nSPS) is 10.6. The Morgan fingerprint density at radius 1 is 1.43 bits per heavy atom. The van der Waals surface area contributed by atoms with E-state index in [-0.39, 0.29) is 5.75 Å². The van der Waals surface area contributed by atoms with Crippen LogP contribution < -0.4 is 4.74 Å². The molecule has 0 fully saturated rings. The zero-order valence-electron chi connectivity index (χ0n) is 8.67. The summed E-state index contributed by atoms with van der Waals surface area (Å²) in [7, 11) is 0. The van der Waals surface area contributed by atoms with Crippen molar-refractivity contribution in [3.63, 3.8) is 0 Å². The summed E-state index contributed by atoms with van der Waals surface area (Å²) < 4.78 is 5.27. The van der Waals surface area contributed by atoms with E-state index in [9.17, 15) is 5.11 Å². The van der Waals surface area contributed by atoms with Gasteiger partial charge in [0.15, 0.2) is 11.5 Å². The molecule has 0 heterocycles. The monoisotopic (exact) mass is 214 g/mol. The Morgan fingerprint density at radius 2 is 2.07 bits per heavy atom. The topological polar surface area (TPSA) is 29.5 Å². The van der Waals surface area contributed by atoms with Gasteiger partial charge in [0.1, 0.15) is 0 Å². The lowest BCUT2D eigenvalue weighted by Gasteiger charge is -2.11. The molecule has 14 heavy (non-hydrogen) atoms. The number of rotatable bonds is 3. The largest absolute Gasteiger partial charge is 0.503 e. The van der Waals surface area contributed by atoms with Crippen LogP contribution in [0.2, 0.25) is 5.02 Å². The molecule has 1 rings (SSSR count). The first-order valence-corrected chi connectivity index (χ1v) is 5.09. The second kappa shape index (κ2) is 4.56. The number of phenols is 1.